The maximum atomic E-state index is 6.08. The fraction of sp³-hybridized carbons (Fsp3) is 0.231. The SMILES string of the molecule is C1=CC2c3cc(OCCc4ccccc4)ccc3NC(c3ccccc3)C2C1. The van der Waals surface area contributed by atoms with Gasteiger partial charge in [-0.3, -0.25) is 0 Å². The number of rotatable bonds is 5. The Morgan fingerprint density at radius 1 is 0.893 bits per heavy atom. The first-order valence-corrected chi connectivity index (χ1v) is 10.2. The molecule has 3 aromatic rings. The summed E-state index contributed by atoms with van der Waals surface area (Å²) in [6.45, 7) is 0.701. The number of fused-ring (bicyclic) bond motifs is 3. The lowest BCUT2D eigenvalue weighted by Crippen LogP contribution is -2.29. The molecule has 1 N–H and O–H groups in total. The van der Waals surface area contributed by atoms with E-state index in [0.29, 0.717) is 24.5 Å². The van der Waals surface area contributed by atoms with Gasteiger partial charge in [-0.25, -0.2) is 0 Å². The molecule has 28 heavy (non-hydrogen) atoms. The van der Waals surface area contributed by atoms with Crippen molar-refractivity contribution in [2.45, 2.75) is 24.8 Å². The fourth-order valence-corrected chi connectivity index (χ4v) is 4.58. The predicted molar refractivity (Wildman–Crippen MR) is 115 cm³/mol. The molecule has 1 aliphatic heterocycles. The van der Waals surface area contributed by atoms with E-state index in [9.17, 15) is 0 Å². The van der Waals surface area contributed by atoms with Crippen molar-refractivity contribution in [3.05, 3.63) is 108 Å². The van der Waals surface area contributed by atoms with Gasteiger partial charge in [0, 0.05) is 18.0 Å². The summed E-state index contributed by atoms with van der Waals surface area (Å²) in [6, 6.07) is 28.2. The van der Waals surface area contributed by atoms with E-state index < -0.39 is 0 Å². The number of nitrogens with one attached hydrogen (secondary N) is 1. The first-order valence-electron chi connectivity index (χ1n) is 10.2. The molecule has 140 valence electrons. The molecule has 0 radical (unpaired) electrons. The molecule has 0 saturated heterocycles. The van der Waals surface area contributed by atoms with Gasteiger partial charge in [0.1, 0.15) is 5.75 Å². The van der Waals surface area contributed by atoms with E-state index in [1.54, 1.807) is 0 Å². The average molecular weight is 367 g/mol. The van der Waals surface area contributed by atoms with Gasteiger partial charge in [0.25, 0.3) is 0 Å². The minimum atomic E-state index is 0.360. The summed E-state index contributed by atoms with van der Waals surface area (Å²) in [5.41, 5.74) is 5.28. The third-order valence-corrected chi connectivity index (χ3v) is 6.00. The standard InChI is InChI=1S/C26H25NO/c1-3-8-19(9-4-1)16-17-28-21-14-15-25-24(18-21)22-12-7-13-23(22)26(27-25)20-10-5-2-6-11-20/h1-12,14-15,18,22-23,26-27H,13,16-17H2. The Bertz CT molecular complexity index is 964. The van der Waals surface area contributed by atoms with Gasteiger partial charge in [-0.1, -0.05) is 72.8 Å². The van der Waals surface area contributed by atoms with Gasteiger partial charge in [0.05, 0.1) is 12.6 Å². The van der Waals surface area contributed by atoms with Crippen LogP contribution in [-0.4, -0.2) is 6.61 Å². The lowest BCUT2D eigenvalue weighted by atomic mass is 9.77. The van der Waals surface area contributed by atoms with Crippen molar-refractivity contribution < 1.29 is 4.74 Å². The van der Waals surface area contributed by atoms with Crippen LogP contribution in [-0.2, 0) is 6.42 Å². The van der Waals surface area contributed by atoms with Crippen molar-refractivity contribution in [1.82, 2.24) is 0 Å². The lowest BCUT2D eigenvalue weighted by Gasteiger charge is -2.37. The molecule has 5 rings (SSSR count). The monoisotopic (exact) mass is 367 g/mol. The zero-order chi connectivity index (χ0) is 18.8. The van der Waals surface area contributed by atoms with Gasteiger partial charge in [0.2, 0.25) is 0 Å². The Labute approximate surface area is 166 Å². The summed E-state index contributed by atoms with van der Waals surface area (Å²) in [5, 5.41) is 3.80. The molecule has 2 aliphatic rings. The van der Waals surface area contributed by atoms with Crippen LogP contribution < -0.4 is 10.1 Å². The number of hydrogen-bond donors (Lipinski definition) is 1. The van der Waals surface area contributed by atoms with Crippen molar-refractivity contribution in [3.63, 3.8) is 0 Å². The van der Waals surface area contributed by atoms with Crippen molar-refractivity contribution in [2.24, 2.45) is 5.92 Å². The molecule has 0 bridgehead atoms. The van der Waals surface area contributed by atoms with Crippen LogP contribution in [0, 0.1) is 5.92 Å². The second kappa shape index (κ2) is 7.55. The van der Waals surface area contributed by atoms with Crippen molar-refractivity contribution in [3.8, 4) is 5.75 Å². The normalized spacial score (nSPS) is 22.2. The topological polar surface area (TPSA) is 21.3 Å². The van der Waals surface area contributed by atoms with E-state index in [4.69, 9.17) is 4.74 Å². The Balaban J connectivity index is 1.35. The highest BCUT2D eigenvalue weighted by atomic mass is 16.5. The first-order chi connectivity index (χ1) is 13.9. The molecule has 1 aliphatic carbocycles. The highest BCUT2D eigenvalue weighted by Crippen LogP contribution is 2.50. The number of benzene rings is 3. The van der Waals surface area contributed by atoms with Crippen LogP contribution in [0.15, 0.2) is 91.0 Å². The molecule has 0 fully saturated rings. The van der Waals surface area contributed by atoms with E-state index in [-0.39, 0.29) is 0 Å². The number of anilines is 1. The minimum Gasteiger partial charge on any atom is -0.493 e. The molecule has 3 unspecified atom stereocenters. The van der Waals surface area contributed by atoms with Crippen molar-refractivity contribution in [1.29, 1.82) is 0 Å². The van der Waals surface area contributed by atoms with Crippen molar-refractivity contribution in [2.75, 3.05) is 11.9 Å². The summed E-state index contributed by atoms with van der Waals surface area (Å²) in [4.78, 5) is 0. The van der Waals surface area contributed by atoms with Gasteiger partial charge in [0.15, 0.2) is 0 Å². The van der Waals surface area contributed by atoms with Crippen LogP contribution in [0.4, 0.5) is 5.69 Å². The third-order valence-electron chi connectivity index (χ3n) is 6.00. The zero-order valence-corrected chi connectivity index (χ0v) is 15.9. The molecule has 1 heterocycles. The summed E-state index contributed by atoms with van der Waals surface area (Å²) in [6.07, 6.45) is 6.77. The average Bonchev–Trinajstić information content (AvgIpc) is 3.25. The van der Waals surface area contributed by atoms with Crippen LogP contribution in [0.1, 0.15) is 35.1 Å². The van der Waals surface area contributed by atoms with E-state index in [0.717, 1.165) is 18.6 Å². The zero-order valence-electron chi connectivity index (χ0n) is 15.9. The molecular formula is C26H25NO. The Morgan fingerprint density at radius 3 is 2.50 bits per heavy atom. The van der Waals surface area contributed by atoms with Crippen LogP contribution in [0.2, 0.25) is 0 Å². The number of hydrogen-bond acceptors (Lipinski definition) is 2. The molecule has 0 spiro atoms. The molecule has 3 atom stereocenters. The van der Waals surface area contributed by atoms with Gasteiger partial charge >= 0.3 is 0 Å². The number of ether oxygens (including phenoxy) is 1. The van der Waals surface area contributed by atoms with Crippen LogP contribution in [0.5, 0.6) is 5.75 Å². The third kappa shape index (κ3) is 3.31. The molecule has 0 amide bonds. The van der Waals surface area contributed by atoms with Crippen LogP contribution in [0.3, 0.4) is 0 Å². The molecule has 0 aromatic heterocycles. The van der Waals surface area contributed by atoms with Gasteiger partial charge < -0.3 is 10.1 Å². The summed E-state index contributed by atoms with van der Waals surface area (Å²) in [7, 11) is 0. The lowest BCUT2D eigenvalue weighted by molar-refractivity contribution is 0.320. The Kier molecular flexibility index (Phi) is 4.62. The molecule has 3 aromatic carbocycles. The highest BCUT2D eigenvalue weighted by molar-refractivity contribution is 5.61. The quantitative estimate of drug-likeness (QED) is 0.547. The second-order valence-corrected chi connectivity index (χ2v) is 7.72. The maximum Gasteiger partial charge on any atom is 0.119 e. The van der Waals surface area contributed by atoms with Gasteiger partial charge in [-0.05, 0) is 47.2 Å². The Morgan fingerprint density at radius 2 is 1.68 bits per heavy atom. The van der Waals surface area contributed by atoms with Crippen LogP contribution >= 0.6 is 0 Å². The molecule has 2 heteroatoms. The van der Waals surface area contributed by atoms with Gasteiger partial charge in [-0.15, -0.1) is 0 Å². The summed E-state index contributed by atoms with van der Waals surface area (Å²) < 4.78 is 6.08. The maximum absolute atomic E-state index is 6.08. The number of allylic oxidation sites excluding steroid dienone is 2. The Hall–Kier alpha value is -3.00. The van der Waals surface area contributed by atoms with Gasteiger partial charge in [-0.2, -0.15) is 0 Å². The first kappa shape index (κ1) is 17.1. The highest BCUT2D eigenvalue weighted by Gasteiger charge is 2.37. The largest absolute Gasteiger partial charge is 0.493 e. The molecule has 2 nitrogen and oxygen atoms in total. The fourth-order valence-electron chi connectivity index (χ4n) is 4.58. The van der Waals surface area contributed by atoms with E-state index >= 15 is 0 Å². The van der Waals surface area contributed by atoms with Crippen molar-refractivity contribution >= 4 is 5.69 Å². The summed E-state index contributed by atoms with van der Waals surface area (Å²) in [5.74, 6) is 1.99. The predicted octanol–water partition coefficient (Wildman–Crippen LogP) is 6.13. The second-order valence-electron chi connectivity index (χ2n) is 7.72. The summed E-state index contributed by atoms with van der Waals surface area (Å²) >= 11 is 0. The van der Waals surface area contributed by atoms with E-state index in [2.05, 4.69) is 96.3 Å². The minimum absolute atomic E-state index is 0.360. The van der Waals surface area contributed by atoms with E-state index in [1.807, 2.05) is 0 Å². The molecular weight excluding hydrogens is 342 g/mol. The van der Waals surface area contributed by atoms with Crippen LogP contribution in [0.25, 0.3) is 0 Å². The molecule has 0 saturated carbocycles. The van der Waals surface area contributed by atoms with E-state index in [1.165, 1.54) is 22.4 Å². The smallest absolute Gasteiger partial charge is 0.119 e.